The van der Waals surface area contributed by atoms with Gasteiger partial charge in [0.1, 0.15) is 24.6 Å². The maximum Gasteiger partial charge on any atom is 0.356 e. The molecule has 0 bridgehead atoms. The predicted octanol–water partition coefficient (Wildman–Crippen LogP) is -0.617. The molecule has 0 aliphatic carbocycles. The molecule has 1 aliphatic heterocycles. The average molecular weight is 404 g/mol. The van der Waals surface area contributed by atoms with Gasteiger partial charge in [0.15, 0.2) is 23.2 Å². The highest BCUT2D eigenvalue weighted by Crippen LogP contribution is 2.48. The molecule has 1 fully saturated rings. The van der Waals surface area contributed by atoms with Crippen molar-refractivity contribution in [3.05, 3.63) is 12.7 Å². The summed E-state index contributed by atoms with van der Waals surface area (Å²) in [6, 6.07) is 0. The second kappa shape index (κ2) is 7.40. The smallest absolute Gasteiger partial charge is 0.356 e. The van der Waals surface area contributed by atoms with Crippen LogP contribution in [0.2, 0.25) is 0 Å². The molecule has 12 nitrogen and oxygen atoms in total. The molecular formula is C14H21N4O8P. The molecule has 1 aliphatic rings. The van der Waals surface area contributed by atoms with Gasteiger partial charge in [-0.05, 0) is 13.8 Å². The summed E-state index contributed by atoms with van der Waals surface area (Å²) in [4.78, 5) is 31.1. The Morgan fingerprint density at radius 1 is 1.22 bits per heavy atom. The van der Waals surface area contributed by atoms with Crippen LogP contribution in [-0.4, -0.2) is 76.9 Å². The molecule has 5 atom stereocenters. The fourth-order valence-corrected chi connectivity index (χ4v) is 3.84. The molecule has 0 aromatic carbocycles. The highest BCUT2D eigenvalue weighted by molar-refractivity contribution is 7.52. The van der Waals surface area contributed by atoms with Crippen LogP contribution >= 0.6 is 7.60 Å². The zero-order valence-corrected chi connectivity index (χ0v) is 15.7. The van der Waals surface area contributed by atoms with Crippen LogP contribution in [0.1, 0.15) is 20.1 Å². The van der Waals surface area contributed by atoms with E-state index >= 15 is 0 Å². The molecule has 0 amide bonds. The third-order valence-electron chi connectivity index (χ3n) is 4.08. The maximum absolute atomic E-state index is 11.6. The molecule has 0 radical (unpaired) electrons. The largest absolute Gasteiger partial charge is 0.473 e. The number of aliphatic hydroxyl groups excluding tert-OH is 2. The van der Waals surface area contributed by atoms with Crippen molar-refractivity contribution in [3.63, 3.8) is 0 Å². The summed E-state index contributed by atoms with van der Waals surface area (Å²) in [6.45, 7) is 3.64. The third-order valence-corrected chi connectivity index (χ3v) is 5.24. The second-order valence-corrected chi connectivity index (χ2v) is 8.04. The van der Waals surface area contributed by atoms with Crippen molar-refractivity contribution in [3.8, 4) is 5.88 Å². The van der Waals surface area contributed by atoms with Crippen molar-refractivity contribution < 1.29 is 38.8 Å². The molecular weight excluding hydrogens is 383 g/mol. The Balaban J connectivity index is 1.96. The highest BCUT2D eigenvalue weighted by Gasteiger charge is 2.52. The Morgan fingerprint density at radius 2 is 1.93 bits per heavy atom. The first-order valence-electron chi connectivity index (χ1n) is 8.09. The lowest BCUT2D eigenvalue weighted by atomic mass is 10.1. The first kappa shape index (κ1) is 20.1. The second-order valence-electron chi connectivity index (χ2n) is 6.36. The summed E-state index contributed by atoms with van der Waals surface area (Å²) in [5.41, 5.74) is 0.584. The first-order valence-corrected chi connectivity index (χ1v) is 9.77. The number of aliphatic hydroxyl groups is 2. The third kappa shape index (κ3) is 3.69. The molecule has 2 aromatic heterocycles. The average Bonchev–Trinajstić information content (AvgIpc) is 3.11. The summed E-state index contributed by atoms with van der Waals surface area (Å²) in [5, 5.41) is 20.6. The van der Waals surface area contributed by atoms with Crippen LogP contribution in [0.4, 0.5) is 0 Å². The van der Waals surface area contributed by atoms with Gasteiger partial charge in [-0.25, -0.2) is 9.97 Å². The van der Waals surface area contributed by atoms with Gasteiger partial charge in [-0.15, -0.1) is 0 Å². The number of nitrogens with zero attached hydrogens (tertiary/aromatic N) is 4. The van der Waals surface area contributed by atoms with Gasteiger partial charge in [-0.3, -0.25) is 9.13 Å². The van der Waals surface area contributed by atoms with E-state index in [9.17, 15) is 24.6 Å². The van der Waals surface area contributed by atoms with Crippen LogP contribution in [0.25, 0.3) is 11.2 Å². The minimum absolute atomic E-state index is 0.154. The van der Waals surface area contributed by atoms with E-state index in [1.165, 1.54) is 17.2 Å². The summed E-state index contributed by atoms with van der Waals surface area (Å²) in [6.07, 6.45) is -3.34. The van der Waals surface area contributed by atoms with Crippen molar-refractivity contribution in [1.82, 2.24) is 19.5 Å². The molecule has 2 aromatic rings. The Morgan fingerprint density at radius 3 is 2.52 bits per heavy atom. The van der Waals surface area contributed by atoms with Gasteiger partial charge in [0.25, 0.3) is 0 Å². The zero-order valence-electron chi connectivity index (χ0n) is 14.8. The Hall–Kier alpha value is -1.66. The van der Waals surface area contributed by atoms with E-state index in [-0.39, 0.29) is 17.6 Å². The van der Waals surface area contributed by atoms with Gasteiger partial charge in [0.2, 0.25) is 5.88 Å². The van der Waals surface area contributed by atoms with E-state index in [1.54, 1.807) is 0 Å². The van der Waals surface area contributed by atoms with Gasteiger partial charge in [0, 0.05) is 7.11 Å². The lowest BCUT2D eigenvalue weighted by Gasteiger charge is -2.24. The monoisotopic (exact) mass is 404 g/mol. The number of methoxy groups -OCH3 is 1. The molecule has 4 N–H and O–H groups in total. The minimum Gasteiger partial charge on any atom is -0.473 e. The van der Waals surface area contributed by atoms with Crippen LogP contribution in [0.5, 0.6) is 5.88 Å². The van der Waals surface area contributed by atoms with Crippen molar-refractivity contribution in [2.75, 3.05) is 7.11 Å². The molecule has 13 heteroatoms. The van der Waals surface area contributed by atoms with E-state index < -0.39 is 38.0 Å². The number of rotatable bonds is 6. The topological polar surface area (TPSA) is 169 Å². The van der Waals surface area contributed by atoms with Crippen molar-refractivity contribution in [2.24, 2.45) is 0 Å². The van der Waals surface area contributed by atoms with E-state index in [4.69, 9.17) is 14.2 Å². The molecule has 0 saturated carbocycles. The SMILES string of the molecule is COC([C@@H]1O[C@@H](n2cnc3c(OC(C)C)ncnc32)[C@H](O)[C@@H]1O)P(=O)(O)O. The molecule has 0 spiro atoms. The Bertz CT molecular complexity index is 855. The summed E-state index contributed by atoms with van der Waals surface area (Å²) >= 11 is 0. The number of ether oxygens (including phenoxy) is 3. The number of aromatic nitrogens is 4. The van der Waals surface area contributed by atoms with Crippen molar-refractivity contribution >= 4 is 18.8 Å². The highest BCUT2D eigenvalue weighted by atomic mass is 31.2. The summed E-state index contributed by atoms with van der Waals surface area (Å²) in [5.74, 6) is -1.50. The van der Waals surface area contributed by atoms with Crippen LogP contribution in [0.15, 0.2) is 12.7 Å². The van der Waals surface area contributed by atoms with Crippen molar-refractivity contribution in [2.45, 2.75) is 50.3 Å². The normalized spacial score (nSPS) is 27.4. The number of hydrogen-bond acceptors (Lipinski definition) is 9. The number of hydrogen-bond donors (Lipinski definition) is 4. The maximum atomic E-state index is 11.6. The molecule has 3 rings (SSSR count). The van der Waals surface area contributed by atoms with Crippen molar-refractivity contribution in [1.29, 1.82) is 0 Å². The molecule has 1 unspecified atom stereocenters. The Kier molecular flexibility index (Phi) is 5.50. The molecule has 1 saturated heterocycles. The standard InChI is InChI=1S/C14H21N4O8P/c1-6(2)25-12-7-11(15-4-16-12)18(5-17-7)13-9(20)8(19)10(26-13)14(24-3)27(21,22)23/h4-6,8-10,13-14,19-20H,1-3H3,(H2,21,22,23)/t8-,9+,10+,13+,14?/m0/s1. The predicted molar refractivity (Wildman–Crippen MR) is 89.9 cm³/mol. The first-order chi connectivity index (χ1) is 12.6. The van der Waals surface area contributed by atoms with Crippen LogP contribution < -0.4 is 4.74 Å². The van der Waals surface area contributed by atoms with Gasteiger partial charge < -0.3 is 34.2 Å². The van der Waals surface area contributed by atoms with Gasteiger partial charge >= 0.3 is 7.60 Å². The summed E-state index contributed by atoms with van der Waals surface area (Å²) in [7, 11) is -3.67. The quantitative estimate of drug-likeness (QED) is 0.453. The van der Waals surface area contributed by atoms with E-state index in [1.807, 2.05) is 13.8 Å². The van der Waals surface area contributed by atoms with Gasteiger partial charge in [0.05, 0.1) is 12.4 Å². The lowest BCUT2D eigenvalue weighted by molar-refractivity contribution is -0.0761. The fraction of sp³-hybridized carbons (Fsp3) is 0.643. The Labute approximate surface area is 153 Å². The number of fused-ring (bicyclic) bond motifs is 1. The summed E-state index contributed by atoms with van der Waals surface area (Å²) < 4.78 is 28.9. The van der Waals surface area contributed by atoms with E-state index in [0.717, 1.165) is 7.11 Å². The van der Waals surface area contributed by atoms with Crippen LogP contribution in [0.3, 0.4) is 0 Å². The van der Waals surface area contributed by atoms with Crippen LogP contribution in [-0.2, 0) is 14.0 Å². The van der Waals surface area contributed by atoms with E-state index in [0.29, 0.717) is 5.52 Å². The fourth-order valence-electron chi connectivity index (χ4n) is 2.94. The minimum atomic E-state index is -4.75. The van der Waals surface area contributed by atoms with Gasteiger partial charge in [-0.1, -0.05) is 0 Å². The number of imidazole rings is 1. The van der Waals surface area contributed by atoms with Crippen LogP contribution in [0, 0.1) is 0 Å². The molecule has 3 heterocycles. The van der Waals surface area contributed by atoms with Gasteiger partial charge in [-0.2, -0.15) is 4.98 Å². The molecule has 150 valence electrons. The zero-order chi connectivity index (χ0) is 19.9. The van der Waals surface area contributed by atoms with E-state index in [2.05, 4.69) is 15.0 Å². The lowest BCUT2D eigenvalue weighted by Crippen LogP contribution is -2.39. The molecule has 27 heavy (non-hydrogen) atoms.